The zero-order valence-corrected chi connectivity index (χ0v) is 13.5. The number of carbonyl (C=O) groups is 1. The standard InChI is InChI=1S/C18H20N2O4/c1-14(11-12-15-7-3-2-4-8-15)19-18(21)13-24-17-10-6-5-9-16(17)20(22)23/h2-10,14H,11-13H2,1H3,(H,19,21)/t14-/m0/s1. The Kier molecular flexibility index (Phi) is 6.31. The van der Waals surface area contributed by atoms with Gasteiger partial charge in [-0.1, -0.05) is 42.5 Å². The highest BCUT2D eigenvalue weighted by Gasteiger charge is 2.15. The number of hydrogen-bond acceptors (Lipinski definition) is 4. The minimum absolute atomic E-state index is 0.00735. The minimum Gasteiger partial charge on any atom is -0.477 e. The van der Waals surface area contributed by atoms with Crippen LogP contribution in [0.15, 0.2) is 54.6 Å². The summed E-state index contributed by atoms with van der Waals surface area (Å²) in [4.78, 5) is 22.3. The van der Waals surface area contributed by atoms with Gasteiger partial charge in [0.05, 0.1) is 4.92 Å². The van der Waals surface area contributed by atoms with Gasteiger partial charge in [-0.15, -0.1) is 0 Å². The molecule has 0 aliphatic rings. The highest BCUT2D eigenvalue weighted by atomic mass is 16.6. The van der Waals surface area contributed by atoms with Crippen LogP contribution in [0.2, 0.25) is 0 Å². The maximum Gasteiger partial charge on any atom is 0.310 e. The van der Waals surface area contributed by atoms with E-state index in [9.17, 15) is 14.9 Å². The van der Waals surface area contributed by atoms with Gasteiger partial charge < -0.3 is 10.1 Å². The number of para-hydroxylation sites is 2. The fourth-order valence-corrected chi connectivity index (χ4v) is 2.29. The second-order valence-corrected chi connectivity index (χ2v) is 5.51. The van der Waals surface area contributed by atoms with Crippen LogP contribution in [0.4, 0.5) is 5.69 Å². The Labute approximate surface area is 140 Å². The van der Waals surface area contributed by atoms with E-state index in [0.717, 1.165) is 12.8 Å². The van der Waals surface area contributed by atoms with E-state index in [1.54, 1.807) is 12.1 Å². The zero-order chi connectivity index (χ0) is 17.4. The first kappa shape index (κ1) is 17.5. The number of hydrogen-bond donors (Lipinski definition) is 1. The number of benzene rings is 2. The van der Waals surface area contributed by atoms with E-state index >= 15 is 0 Å². The van der Waals surface area contributed by atoms with Gasteiger partial charge in [-0.2, -0.15) is 0 Å². The fourth-order valence-electron chi connectivity index (χ4n) is 2.29. The van der Waals surface area contributed by atoms with Gasteiger partial charge in [-0.3, -0.25) is 14.9 Å². The summed E-state index contributed by atoms with van der Waals surface area (Å²) in [5.41, 5.74) is 1.07. The number of amides is 1. The van der Waals surface area contributed by atoms with Crippen molar-refractivity contribution in [3.63, 3.8) is 0 Å². The average Bonchev–Trinajstić information content (AvgIpc) is 2.59. The lowest BCUT2D eigenvalue weighted by atomic mass is 10.1. The Bertz CT molecular complexity index is 688. The van der Waals surface area contributed by atoms with Crippen LogP contribution in [0.1, 0.15) is 18.9 Å². The lowest BCUT2D eigenvalue weighted by Gasteiger charge is -2.14. The summed E-state index contributed by atoms with van der Waals surface area (Å²) in [6.07, 6.45) is 1.68. The quantitative estimate of drug-likeness (QED) is 0.596. The molecule has 0 aliphatic carbocycles. The van der Waals surface area contributed by atoms with Gasteiger partial charge in [0, 0.05) is 12.1 Å². The van der Waals surface area contributed by atoms with Crippen LogP contribution in [0.25, 0.3) is 0 Å². The second kappa shape index (κ2) is 8.67. The third kappa shape index (κ3) is 5.39. The number of carbonyl (C=O) groups excluding carboxylic acids is 1. The molecule has 2 aromatic rings. The molecule has 24 heavy (non-hydrogen) atoms. The molecular formula is C18H20N2O4. The van der Waals surface area contributed by atoms with Crippen molar-refractivity contribution in [1.82, 2.24) is 5.32 Å². The molecule has 1 amide bonds. The normalized spacial score (nSPS) is 11.5. The predicted octanol–water partition coefficient (Wildman–Crippen LogP) is 3.11. The van der Waals surface area contributed by atoms with Crippen molar-refractivity contribution < 1.29 is 14.5 Å². The second-order valence-electron chi connectivity index (χ2n) is 5.51. The van der Waals surface area contributed by atoms with E-state index in [2.05, 4.69) is 5.32 Å². The highest BCUT2D eigenvalue weighted by Crippen LogP contribution is 2.25. The lowest BCUT2D eigenvalue weighted by molar-refractivity contribution is -0.385. The predicted molar refractivity (Wildman–Crippen MR) is 91.0 cm³/mol. The molecular weight excluding hydrogens is 308 g/mol. The average molecular weight is 328 g/mol. The molecule has 1 atom stereocenters. The van der Waals surface area contributed by atoms with Crippen molar-refractivity contribution in [3.05, 3.63) is 70.3 Å². The summed E-state index contributed by atoms with van der Waals surface area (Å²) >= 11 is 0. The molecule has 0 heterocycles. The first-order valence-electron chi connectivity index (χ1n) is 7.76. The number of rotatable bonds is 8. The highest BCUT2D eigenvalue weighted by molar-refractivity contribution is 5.77. The topological polar surface area (TPSA) is 81.5 Å². The van der Waals surface area contributed by atoms with Crippen molar-refractivity contribution in [2.75, 3.05) is 6.61 Å². The molecule has 0 bridgehead atoms. The Morgan fingerprint density at radius 3 is 2.54 bits per heavy atom. The summed E-state index contributed by atoms with van der Waals surface area (Å²) in [5.74, 6) is -0.205. The van der Waals surface area contributed by atoms with E-state index in [4.69, 9.17) is 4.74 Å². The third-order valence-electron chi connectivity index (χ3n) is 3.54. The molecule has 2 rings (SSSR count). The lowest BCUT2D eigenvalue weighted by Crippen LogP contribution is -2.36. The van der Waals surface area contributed by atoms with E-state index < -0.39 is 4.92 Å². The smallest absolute Gasteiger partial charge is 0.310 e. The van der Waals surface area contributed by atoms with E-state index in [-0.39, 0.29) is 30.0 Å². The molecule has 2 aromatic carbocycles. The first-order chi connectivity index (χ1) is 11.6. The third-order valence-corrected chi connectivity index (χ3v) is 3.54. The van der Waals surface area contributed by atoms with Crippen LogP contribution < -0.4 is 10.1 Å². The number of nitrogens with one attached hydrogen (secondary N) is 1. The fraction of sp³-hybridized carbons (Fsp3) is 0.278. The van der Waals surface area contributed by atoms with Crippen molar-refractivity contribution in [2.45, 2.75) is 25.8 Å². The molecule has 6 heteroatoms. The molecule has 1 N–H and O–H groups in total. The summed E-state index contributed by atoms with van der Waals surface area (Å²) in [6, 6.07) is 16.0. The molecule has 0 saturated heterocycles. The molecule has 6 nitrogen and oxygen atoms in total. The SMILES string of the molecule is C[C@@H](CCc1ccccc1)NC(=O)COc1ccccc1[N+](=O)[O-]. The number of ether oxygens (including phenoxy) is 1. The van der Waals surface area contributed by atoms with Crippen LogP contribution in [-0.2, 0) is 11.2 Å². The Morgan fingerprint density at radius 1 is 1.17 bits per heavy atom. The Balaban J connectivity index is 1.78. The largest absolute Gasteiger partial charge is 0.477 e. The monoisotopic (exact) mass is 328 g/mol. The van der Waals surface area contributed by atoms with Crippen LogP contribution in [-0.4, -0.2) is 23.5 Å². The summed E-state index contributed by atoms with van der Waals surface area (Å²) < 4.78 is 5.27. The number of aryl methyl sites for hydroxylation is 1. The van der Waals surface area contributed by atoms with Crippen molar-refractivity contribution in [2.24, 2.45) is 0 Å². The van der Waals surface area contributed by atoms with Crippen LogP contribution >= 0.6 is 0 Å². The molecule has 0 aliphatic heterocycles. The summed E-state index contributed by atoms with van der Waals surface area (Å²) in [7, 11) is 0. The molecule has 0 radical (unpaired) electrons. The number of nitro benzene ring substituents is 1. The van der Waals surface area contributed by atoms with Gasteiger partial charge in [0.2, 0.25) is 0 Å². The van der Waals surface area contributed by atoms with Gasteiger partial charge in [0.15, 0.2) is 12.4 Å². The van der Waals surface area contributed by atoms with Gasteiger partial charge in [0.25, 0.3) is 5.91 Å². The maximum atomic E-state index is 11.9. The van der Waals surface area contributed by atoms with Crippen molar-refractivity contribution in [1.29, 1.82) is 0 Å². The molecule has 0 unspecified atom stereocenters. The van der Waals surface area contributed by atoms with Crippen LogP contribution in [0.3, 0.4) is 0 Å². The van der Waals surface area contributed by atoms with Gasteiger partial charge in [0.1, 0.15) is 0 Å². The molecule has 126 valence electrons. The van der Waals surface area contributed by atoms with Crippen LogP contribution in [0.5, 0.6) is 5.75 Å². The van der Waals surface area contributed by atoms with Gasteiger partial charge in [-0.05, 0) is 31.4 Å². The van der Waals surface area contributed by atoms with Crippen molar-refractivity contribution >= 4 is 11.6 Å². The van der Waals surface area contributed by atoms with Gasteiger partial charge in [-0.25, -0.2) is 0 Å². The van der Waals surface area contributed by atoms with E-state index in [0.29, 0.717) is 0 Å². The van der Waals surface area contributed by atoms with Gasteiger partial charge >= 0.3 is 5.69 Å². The number of nitro groups is 1. The van der Waals surface area contributed by atoms with Crippen molar-refractivity contribution in [3.8, 4) is 5.75 Å². The first-order valence-corrected chi connectivity index (χ1v) is 7.76. The Morgan fingerprint density at radius 2 is 1.83 bits per heavy atom. The van der Waals surface area contributed by atoms with Crippen LogP contribution in [0, 0.1) is 10.1 Å². The Hall–Kier alpha value is -2.89. The molecule has 0 spiro atoms. The molecule has 0 saturated carbocycles. The molecule has 0 aromatic heterocycles. The summed E-state index contributed by atoms with van der Waals surface area (Å²) in [5, 5.41) is 13.7. The number of nitrogens with zero attached hydrogens (tertiary/aromatic N) is 1. The van der Waals surface area contributed by atoms with E-state index in [1.165, 1.54) is 17.7 Å². The minimum atomic E-state index is -0.532. The zero-order valence-electron chi connectivity index (χ0n) is 13.5. The molecule has 0 fully saturated rings. The maximum absolute atomic E-state index is 11.9. The summed E-state index contributed by atoms with van der Waals surface area (Å²) in [6.45, 7) is 1.67. The van der Waals surface area contributed by atoms with E-state index in [1.807, 2.05) is 37.3 Å².